The zero-order valence-corrected chi connectivity index (χ0v) is 14.5. The third kappa shape index (κ3) is 4.05. The molecule has 23 heavy (non-hydrogen) atoms. The zero-order chi connectivity index (χ0) is 15.5. The van der Waals surface area contributed by atoms with E-state index < -0.39 is 0 Å². The Labute approximate surface area is 148 Å². The van der Waals surface area contributed by atoms with E-state index in [1.165, 1.54) is 11.1 Å². The van der Waals surface area contributed by atoms with Crippen LogP contribution in [0.5, 0.6) is 0 Å². The summed E-state index contributed by atoms with van der Waals surface area (Å²) in [6.07, 6.45) is 0.738. The Morgan fingerprint density at radius 3 is 2.57 bits per heavy atom. The van der Waals surface area contributed by atoms with E-state index in [2.05, 4.69) is 17.4 Å². The van der Waals surface area contributed by atoms with Crippen molar-refractivity contribution in [3.63, 3.8) is 0 Å². The Hall–Kier alpha value is -1.55. The van der Waals surface area contributed by atoms with Gasteiger partial charge in [-0.3, -0.25) is 4.79 Å². The Balaban J connectivity index is 0.00000192. The Bertz CT molecular complexity index is 690. The lowest BCUT2D eigenvalue weighted by Crippen LogP contribution is -2.48. The highest BCUT2D eigenvalue weighted by Gasteiger charge is 2.26. The first-order valence-electron chi connectivity index (χ1n) is 7.43. The SMILES string of the molecule is CN(Cc1ccccc1Cl)C(=O)C1Cc2ccccc2CN1.Cl. The fraction of sp³-hybridized carbons (Fsp3) is 0.278. The van der Waals surface area contributed by atoms with Gasteiger partial charge in [0.05, 0.1) is 6.04 Å². The van der Waals surface area contributed by atoms with Crippen LogP contribution in [0.1, 0.15) is 16.7 Å². The number of benzene rings is 2. The number of hydrogen-bond donors (Lipinski definition) is 1. The number of likely N-dealkylation sites (N-methyl/N-ethyl adjacent to an activating group) is 1. The Morgan fingerprint density at radius 2 is 1.83 bits per heavy atom. The number of fused-ring (bicyclic) bond motifs is 1. The second-order valence-corrected chi connectivity index (χ2v) is 6.10. The van der Waals surface area contributed by atoms with Crippen molar-refractivity contribution in [3.8, 4) is 0 Å². The predicted molar refractivity (Wildman–Crippen MR) is 95.9 cm³/mol. The van der Waals surface area contributed by atoms with Gasteiger partial charge in [-0.2, -0.15) is 0 Å². The molecule has 0 aliphatic carbocycles. The molecule has 1 N–H and O–H groups in total. The third-order valence-corrected chi connectivity index (χ3v) is 4.49. The smallest absolute Gasteiger partial charge is 0.240 e. The molecule has 0 spiro atoms. The topological polar surface area (TPSA) is 32.3 Å². The van der Waals surface area contributed by atoms with Crippen molar-refractivity contribution in [1.29, 1.82) is 0 Å². The summed E-state index contributed by atoms with van der Waals surface area (Å²) in [6, 6.07) is 15.7. The van der Waals surface area contributed by atoms with Crippen LogP contribution in [0.4, 0.5) is 0 Å². The highest BCUT2D eigenvalue weighted by Crippen LogP contribution is 2.19. The molecule has 0 radical (unpaired) electrons. The van der Waals surface area contributed by atoms with Crippen molar-refractivity contribution in [2.24, 2.45) is 0 Å². The summed E-state index contributed by atoms with van der Waals surface area (Å²) in [5, 5.41) is 4.03. The molecule has 0 aromatic heterocycles. The second-order valence-electron chi connectivity index (χ2n) is 5.69. The number of nitrogens with one attached hydrogen (secondary N) is 1. The second kappa shape index (κ2) is 7.82. The largest absolute Gasteiger partial charge is 0.340 e. The Morgan fingerprint density at radius 1 is 1.17 bits per heavy atom. The van der Waals surface area contributed by atoms with Gasteiger partial charge < -0.3 is 10.2 Å². The minimum Gasteiger partial charge on any atom is -0.340 e. The molecule has 0 saturated carbocycles. The van der Waals surface area contributed by atoms with Gasteiger partial charge in [-0.15, -0.1) is 12.4 Å². The molecule has 1 unspecified atom stereocenters. The van der Waals surface area contributed by atoms with Gasteiger partial charge in [-0.1, -0.05) is 54.1 Å². The van der Waals surface area contributed by atoms with Crippen LogP contribution in [0.2, 0.25) is 5.02 Å². The van der Waals surface area contributed by atoms with Crippen molar-refractivity contribution >= 4 is 29.9 Å². The van der Waals surface area contributed by atoms with Crippen LogP contribution in [0.3, 0.4) is 0 Å². The number of carbonyl (C=O) groups excluding carboxylic acids is 1. The number of amides is 1. The maximum absolute atomic E-state index is 12.6. The highest BCUT2D eigenvalue weighted by atomic mass is 35.5. The fourth-order valence-electron chi connectivity index (χ4n) is 2.86. The van der Waals surface area contributed by atoms with Crippen LogP contribution in [-0.4, -0.2) is 23.9 Å². The van der Waals surface area contributed by atoms with Crippen molar-refractivity contribution in [1.82, 2.24) is 10.2 Å². The van der Waals surface area contributed by atoms with Crippen LogP contribution in [0.15, 0.2) is 48.5 Å². The van der Waals surface area contributed by atoms with Gasteiger partial charge in [0.1, 0.15) is 0 Å². The zero-order valence-electron chi connectivity index (χ0n) is 13.0. The van der Waals surface area contributed by atoms with Crippen molar-refractivity contribution in [3.05, 3.63) is 70.2 Å². The normalized spacial score (nSPS) is 16.2. The highest BCUT2D eigenvalue weighted by molar-refractivity contribution is 6.31. The van der Waals surface area contributed by atoms with E-state index in [4.69, 9.17) is 11.6 Å². The molecular weight excluding hydrogens is 331 g/mol. The number of carbonyl (C=O) groups is 1. The van der Waals surface area contributed by atoms with Gasteiger partial charge in [-0.25, -0.2) is 0 Å². The fourth-order valence-corrected chi connectivity index (χ4v) is 3.05. The molecule has 1 heterocycles. The first-order chi connectivity index (χ1) is 10.6. The van der Waals surface area contributed by atoms with E-state index in [9.17, 15) is 4.79 Å². The molecule has 5 heteroatoms. The minimum atomic E-state index is -0.164. The molecular formula is C18H20Cl2N2O. The molecule has 1 aliphatic rings. The van der Waals surface area contributed by atoms with E-state index in [1.54, 1.807) is 4.90 Å². The molecule has 3 rings (SSSR count). The molecule has 122 valence electrons. The molecule has 1 atom stereocenters. The van der Waals surface area contributed by atoms with Gasteiger partial charge in [0, 0.05) is 25.2 Å². The van der Waals surface area contributed by atoms with E-state index >= 15 is 0 Å². The standard InChI is InChI=1S/C18H19ClN2O.ClH/c1-21(12-15-8-4-5-9-16(15)19)18(22)17-10-13-6-2-3-7-14(13)11-20-17;/h2-9,17,20H,10-12H2,1H3;1H. The van der Waals surface area contributed by atoms with E-state index in [-0.39, 0.29) is 24.4 Å². The first-order valence-corrected chi connectivity index (χ1v) is 7.81. The van der Waals surface area contributed by atoms with Crippen molar-refractivity contribution in [2.75, 3.05) is 7.05 Å². The molecule has 3 nitrogen and oxygen atoms in total. The molecule has 0 saturated heterocycles. The summed E-state index contributed by atoms with van der Waals surface area (Å²) in [6.45, 7) is 1.27. The monoisotopic (exact) mass is 350 g/mol. The maximum Gasteiger partial charge on any atom is 0.240 e. The number of hydrogen-bond acceptors (Lipinski definition) is 2. The predicted octanol–water partition coefficient (Wildman–Crippen LogP) is 3.43. The lowest BCUT2D eigenvalue weighted by Gasteiger charge is -2.29. The molecule has 0 bridgehead atoms. The molecule has 2 aromatic carbocycles. The van der Waals surface area contributed by atoms with Gasteiger partial charge in [0.15, 0.2) is 0 Å². The first kappa shape index (κ1) is 17.8. The van der Waals surface area contributed by atoms with Gasteiger partial charge in [0.25, 0.3) is 0 Å². The van der Waals surface area contributed by atoms with Gasteiger partial charge in [0.2, 0.25) is 5.91 Å². The van der Waals surface area contributed by atoms with E-state index in [0.717, 1.165) is 18.5 Å². The average molecular weight is 351 g/mol. The van der Waals surface area contributed by atoms with Gasteiger partial charge >= 0.3 is 0 Å². The molecule has 0 fully saturated rings. The van der Waals surface area contributed by atoms with Crippen LogP contribution < -0.4 is 5.32 Å². The maximum atomic E-state index is 12.6. The van der Waals surface area contributed by atoms with Crippen LogP contribution >= 0.6 is 24.0 Å². The number of rotatable bonds is 3. The van der Waals surface area contributed by atoms with E-state index in [0.29, 0.717) is 11.6 Å². The summed E-state index contributed by atoms with van der Waals surface area (Å²) in [5.41, 5.74) is 3.50. The van der Waals surface area contributed by atoms with Crippen LogP contribution in [-0.2, 0) is 24.3 Å². The molecule has 2 aromatic rings. The lowest BCUT2D eigenvalue weighted by molar-refractivity contribution is -0.132. The minimum absolute atomic E-state index is 0. The van der Waals surface area contributed by atoms with Crippen molar-refractivity contribution < 1.29 is 4.79 Å². The quantitative estimate of drug-likeness (QED) is 0.919. The summed E-state index contributed by atoms with van der Waals surface area (Å²) in [5.74, 6) is 0.106. The molecule has 1 amide bonds. The van der Waals surface area contributed by atoms with Gasteiger partial charge in [-0.05, 0) is 29.2 Å². The van der Waals surface area contributed by atoms with E-state index in [1.807, 2.05) is 43.4 Å². The lowest BCUT2D eigenvalue weighted by atomic mass is 9.95. The summed E-state index contributed by atoms with van der Waals surface area (Å²) < 4.78 is 0. The number of halogens is 2. The Kier molecular flexibility index (Phi) is 6.05. The summed E-state index contributed by atoms with van der Waals surface area (Å²) in [7, 11) is 1.83. The molecule has 1 aliphatic heterocycles. The van der Waals surface area contributed by atoms with Crippen molar-refractivity contribution in [2.45, 2.75) is 25.6 Å². The summed E-state index contributed by atoms with van der Waals surface area (Å²) in [4.78, 5) is 14.4. The van der Waals surface area contributed by atoms with Crippen LogP contribution in [0, 0.1) is 0 Å². The third-order valence-electron chi connectivity index (χ3n) is 4.12. The number of nitrogens with zero attached hydrogens (tertiary/aromatic N) is 1. The van der Waals surface area contributed by atoms with Crippen LogP contribution in [0.25, 0.3) is 0 Å². The summed E-state index contributed by atoms with van der Waals surface area (Å²) >= 11 is 6.17. The average Bonchev–Trinajstić information content (AvgIpc) is 2.55.